The lowest BCUT2D eigenvalue weighted by Gasteiger charge is -2.18. The predicted molar refractivity (Wildman–Crippen MR) is 118 cm³/mol. The van der Waals surface area contributed by atoms with E-state index in [1.807, 2.05) is 26.0 Å². The topological polar surface area (TPSA) is 108 Å². The van der Waals surface area contributed by atoms with Crippen molar-refractivity contribution in [1.82, 2.24) is 9.97 Å². The largest absolute Gasteiger partial charge is 0.506 e. The van der Waals surface area contributed by atoms with Gasteiger partial charge in [-0.05, 0) is 36.1 Å². The summed E-state index contributed by atoms with van der Waals surface area (Å²) >= 11 is 5.66. The van der Waals surface area contributed by atoms with Crippen LogP contribution in [0.3, 0.4) is 0 Å². The summed E-state index contributed by atoms with van der Waals surface area (Å²) in [5.41, 5.74) is 8.81. The van der Waals surface area contributed by atoms with Crippen LogP contribution < -0.4 is 11.1 Å². The zero-order chi connectivity index (χ0) is 21.8. The molecule has 5 N–H and O–H groups in total. The fraction of sp³-hybridized carbons (Fsp3) is 0.227. The Morgan fingerprint density at radius 3 is 2.43 bits per heavy atom. The quantitative estimate of drug-likeness (QED) is 0.456. The van der Waals surface area contributed by atoms with Crippen LogP contribution in [0.25, 0.3) is 0 Å². The lowest BCUT2D eigenvalue weighted by Crippen LogP contribution is -2.23. The third-order valence-electron chi connectivity index (χ3n) is 4.82. The standard InChI is InChI=1S/C20H17ClFN5O.C2H6/c21-17-14(22)7-12(8-15(17)28)18(23)16-19(24)25-9-26-20(16)27-13-5-10-3-1-2-4-11(10)6-13;1-2/h1-4,7-9,13,23,28H,5-6H2,(H3,24,25,26,27);1-2H3. The number of halogens is 2. The molecule has 4 rings (SSSR count). The van der Waals surface area contributed by atoms with Crippen LogP contribution in [0.4, 0.5) is 16.0 Å². The normalized spacial score (nSPS) is 12.7. The SMILES string of the molecule is CC.N=C(c1cc(O)c(Cl)c(F)c1)c1c(N)ncnc1NC1Cc2ccccc2C1. The number of hydrogen-bond donors (Lipinski definition) is 4. The van der Waals surface area contributed by atoms with E-state index in [9.17, 15) is 9.50 Å². The minimum absolute atomic E-state index is 0.0906. The highest BCUT2D eigenvalue weighted by Crippen LogP contribution is 2.31. The summed E-state index contributed by atoms with van der Waals surface area (Å²) in [5.74, 6) is -0.784. The fourth-order valence-electron chi connectivity index (χ4n) is 3.47. The Labute approximate surface area is 179 Å². The predicted octanol–water partition coefficient (Wildman–Crippen LogP) is 4.58. The van der Waals surface area contributed by atoms with Gasteiger partial charge in [0, 0.05) is 11.6 Å². The molecule has 6 nitrogen and oxygen atoms in total. The van der Waals surface area contributed by atoms with E-state index in [1.165, 1.54) is 23.5 Å². The van der Waals surface area contributed by atoms with Gasteiger partial charge in [-0.1, -0.05) is 49.7 Å². The molecule has 0 atom stereocenters. The van der Waals surface area contributed by atoms with Gasteiger partial charge in [0.2, 0.25) is 0 Å². The first kappa shape index (κ1) is 21.5. The van der Waals surface area contributed by atoms with Crippen LogP contribution >= 0.6 is 11.6 Å². The van der Waals surface area contributed by atoms with Gasteiger partial charge >= 0.3 is 0 Å². The molecular weight excluding hydrogens is 405 g/mol. The molecule has 8 heteroatoms. The second kappa shape index (κ2) is 9.09. The molecule has 0 saturated heterocycles. The van der Waals surface area contributed by atoms with Gasteiger partial charge in [0.15, 0.2) is 0 Å². The number of hydrogen-bond acceptors (Lipinski definition) is 6. The van der Waals surface area contributed by atoms with Gasteiger partial charge in [-0.2, -0.15) is 0 Å². The van der Waals surface area contributed by atoms with Crippen molar-refractivity contribution in [2.75, 3.05) is 11.1 Å². The molecule has 0 spiro atoms. The maximum absolute atomic E-state index is 13.9. The Morgan fingerprint density at radius 1 is 1.20 bits per heavy atom. The average molecular weight is 428 g/mol. The number of phenolic OH excluding ortho intramolecular Hbond substituents is 1. The Bertz CT molecular complexity index is 1040. The highest BCUT2D eigenvalue weighted by Gasteiger charge is 2.24. The number of benzene rings is 2. The number of aromatic nitrogens is 2. The number of nitrogen functional groups attached to an aromatic ring is 1. The van der Waals surface area contributed by atoms with Gasteiger partial charge in [-0.15, -0.1) is 0 Å². The van der Waals surface area contributed by atoms with Crippen molar-refractivity contribution in [3.8, 4) is 5.75 Å². The van der Waals surface area contributed by atoms with Gasteiger partial charge < -0.3 is 16.2 Å². The first-order valence-electron chi connectivity index (χ1n) is 9.65. The summed E-state index contributed by atoms with van der Waals surface area (Å²) < 4.78 is 13.9. The van der Waals surface area contributed by atoms with Crippen LogP contribution in [0.2, 0.25) is 5.02 Å². The van der Waals surface area contributed by atoms with Gasteiger partial charge in [0.25, 0.3) is 0 Å². The number of anilines is 2. The number of phenols is 1. The summed E-state index contributed by atoms with van der Waals surface area (Å²) in [6.45, 7) is 4.00. The Morgan fingerprint density at radius 2 is 1.83 bits per heavy atom. The molecule has 2 aromatic carbocycles. The van der Waals surface area contributed by atoms with Gasteiger partial charge in [-0.3, -0.25) is 5.41 Å². The van der Waals surface area contributed by atoms with E-state index < -0.39 is 16.6 Å². The molecule has 0 radical (unpaired) electrons. The van der Waals surface area contributed by atoms with Crippen LogP contribution in [0.15, 0.2) is 42.7 Å². The number of rotatable bonds is 4. The van der Waals surface area contributed by atoms with Crippen LogP contribution in [-0.4, -0.2) is 26.8 Å². The van der Waals surface area contributed by atoms with Crippen molar-refractivity contribution in [2.45, 2.75) is 32.7 Å². The van der Waals surface area contributed by atoms with Crippen molar-refractivity contribution in [2.24, 2.45) is 0 Å². The van der Waals surface area contributed by atoms with E-state index in [2.05, 4.69) is 27.4 Å². The zero-order valence-corrected chi connectivity index (χ0v) is 17.5. The van der Waals surface area contributed by atoms with Gasteiger partial charge in [0.05, 0.1) is 11.3 Å². The number of aromatic hydroxyl groups is 1. The van der Waals surface area contributed by atoms with E-state index in [0.717, 1.165) is 18.9 Å². The van der Waals surface area contributed by atoms with Crippen LogP contribution in [0.1, 0.15) is 36.1 Å². The second-order valence-corrected chi connectivity index (χ2v) is 7.04. The van der Waals surface area contributed by atoms with E-state index in [4.69, 9.17) is 22.7 Å². The molecule has 0 amide bonds. The smallest absolute Gasteiger partial charge is 0.146 e. The maximum Gasteiger partial charge on any atom is 0.146 e. The summed E-state index contributed by atoms with van der Waals surface area (Å²) in [5, 5.41) is 21.2. The number of fused-ring (bicyclic) bond motifs is 1. The average Bonchev–Trinajstić information content (AvgIpc) is 3.15. The van der Waals surface area contributed by atoms with Gasteiger partial charge in [0.1, 0.15) is 34.6 Å². The van der Waals surface area contributed by atoms with Crippen molar-refractivity contribution in [1.29, 1.82) is 5.41 Å². The summed E-state index contributed by atoms with van der Waals surface area (Å²) in [6.07, 6.45) is 2.96. The highest BCUT2D eigenvalue weighted by atomic mass is 35.5. The van der Waals surface area contributed by atoms with Crippen LogP contribution in [-0.2, 0) is 12.8 Å². The van der Waals surface area contributed by atoms with E-state index in [0.29, 0.717) is 5.82 Å². The Balaban J connectivity index is 0.00000124. The van der Waals surface area contributed by atoms with Crippen molar-refractivity contribution >= 4 is 28.9 Å². The van der Waals surface area contributed by atoms with Crippen LogP contribution in [0.5, 0.6) is 5.75 Å². The second-order valence-electron chi connectivity index (χ2n) is 6.67. The minimum atomic E-state index is -0.822. The minimum Gasteiger partial charge on any atom is -0.506 e. The van der Waals surface area contributed by atoms with Crippen molar-refractivity contribution in [3.63, 3.8) is 0 Å². The summed E-state index contributed by atoms with van der Waals surface area (Å²) in [7, 11) is 0. The molecule has 1 heterocycles. The molecule has 0 aliphatic heterocycles. The molecule has 156 valence electrons. The van der Waals surface area contributed by atoms with E-state index >= 15 is 0 Å². The zero-order valence-electron chi connectivity index (χ0n) is 16.7. The molecule has 30 heavy (non-hydrogen) atoms. The lowest BCUT2D eigenvalue weighted by molar-refractivity contribution is 0.469. The molecular formula is C22H23ClFN5O. The fourth-order valence-corrected chi connectivity index (χ4v) is 3.58. The Kier molecular flexibility index (Phi) is 6.52. The van der Waals surface area contributed by atoms with E-state index in [1.54, 1.807) is 0 Å². The van der Waals surface area contributed by atoms with Crippen molar-refractivity contribution < 1.29 is 9.50 Å². The van der Waals surface area contributed by atoms with E-state index in [-0.39, 0.29) is 28.7 Å². The summed E-state index contributed by atoms with van der Waals surface area (Å²) in [4.78, 5) is 8.22. The first-order valence-corrected chi connectivity index (χ1v) is 10.0. The monoisotopic (exact) mass is 427 g/mol. The Hall–Kier alpha value is -3.19. The van der Waals surface area contributed by atoms with Gasteiger partial charge in [-0.25, -0.2) is 14.4 Å². The molecule has 0 saturated carbocycles. The highest BCUT2D eigenvalue weighted by molar-refractivity contribution is 6.32. The van der Waals surface area contributed by atoms with Crippen LogP contribution in [0, 0.1) is 11.2 Å². The maximum atomic E-state index is 13.9. The summed E-state index contributed by atoms with van der Waals surface area (Å²) in [6, 6.07) is 10.6. The third kappa shape index (κ3) is 4.21. The molecule has 3 aromatic rings. The molecule has 0 bridgehead atoms. The number of nitrogens with one attached hydrogen (secondary N) is 2. The van der Waals surface area contributed by atoms with Crippen molar-refractivity contribution in [3.05, 3.63) is 75.8 Å². The first-order chi connectivity index (χ1) is 14.4. The molecule has 0 fully saturated rings. The number of nitrogens with zero attached hydrogens (tertiary/aromatic N) is 2. The number of nitrogens with two attached hydrogens (primary N) is 1. The molecule has 0 unspecified atom stereocenters. The molecule has 1 aliphatic carbocycles. The third-order valence-corrected chi connectivity index (χ3v) is 5.19. The molecule has 1 aliphatic rings. The molecule has 1 aromatic heterocycles. The lowest BCUT2D eigenvalue weighted by atomic mass is 10.0.